The number of thiophene rings is 1. The standard InChI is InChI=1S/C16H25NS/c1-11(13-6-5-9-18-13)17-14-15(2,3)12-7-8-16(14,4)10-12/h5-6,9,11-12,14,17H,7-8,10H2,1-4H3/t11?,12-,14?,16+/m0/s1. The van der Waals surface area contributed by atoms with Gasteiger partial charge in [0.1, 0.15) is 0 Å². The smallest absolute Gasteiger partial charge is 0.0388 e. The van der Waals surface area contributed by atoms with Crippen LogP contribution in [0.3, 0.4) is 0 Å². The predicted octanol–water partition coefficient (Wildman–Crippen LogP) is 4.61. The average molecular weight is 263 g/mol. The Morgan fingerprint density at radius 3 is 2.72 bits per heavy atom. The van der Waals surface area contributed by atoms with E-state index in [0.29, 0.717) is 22.9 Å². The van der Waals surface area contributed by atoms with Gasteiger partial charge in [-0.25, -0.2) is 0 Å². The minimum Gasteiger partial charge on any atom is -0.306 e. The molecule has 2 fully saturated rings. The molecule has 1 aromatic heterocycles. The summed E-state index contributed by atoms with van der Waals surface area (Å²) in [6.07, 6.45) is 4.28. The molecule has 2 saturated carbocycles. The highest BCUT2D eigenvalue weighted by atomic mass is 32.1. The molecule has 3 rings (SSSR count). The predicted molar refractivity (Wildman–Crippen MR) is 78.9 cm³/mol. The third-order valence-electron chi connectivity index (χ3n) is 5.66. The van der Waals surface area contributed by atoms with E-state index in [1.165, 1.54) is 24.1 Å². The molecule has 2 unspecified atom stereocenters. The lowest BCUT2D eigenvalue weighted by Crippen LogP contribution is -2.50. The van der Waals surface area contributed by atoms with Crippen LogP contribution in [0.25, 0.3) is 0 Å². The summed E-state index contributed by atoms with van der Waals surface area (Å²) in [7, 11) is 0. The molecule has 1 heterocycles. The monoisotopic (exact) mass is 263 g/mol. The molecule has 2 bridgehead atoms. The van der Waals surface area contributed by atoms with E-state index in [9.17, 15) is 0 Å². The van der Waals surface area contributed by atoms with Crippen LogP contribution in [-0.2, 0) is 0 Å². The summed E-state index contributed by atoms with van der Waals surface area (Å²) in [4.78, 5) is 1.47. The van der Waals surface area contributed by atoms with Crippen molar-refractivity contribution >= 4 is 11.3 Å². The molecule has 0 spiro atoms. The molecule has 2 aliphatic rings. The van der Waals surface area contributed by atoms with Gasteiger partial charge in [-0.1, -0.05) is 26.8 Å². The summed E-state index contributed by atoms with van der Waals surface area (Å²) >= 11 is 1.87. The number of nitrogens with one attached hydrogen (secondary N) is 1. The lowest BCUT2D eigenvalue weighted by Gasteiger charge is -2.44. The van der Waals surface area contributed by atoms with Crippen LogP contribution in [0.1, 0.15) is 57.9 Å². The molecule has 1 aromatic rings. The van der Waals surface area contributed by atoms with Crippen molar-refractivity contribution in [2.24, 2.45) is 16.7 Å². The third kappa shape index (κ3) is 1.77. The normalized spacial score (nSPS) is 39.1. The summed E-state index contributed by atoms with van der Waals surface area (Å²) < 4.78 is 0. The van der Waals surface area contributed by atoms with Gasteiger partial charge in [0.25, 0.3) is 0 Å². The van der Waals surface area contributed by atoms with E-state index in [0.717, 1.165) is 5.92 Å². The molecule has 0 amide bonds. The van der Waals surface area contributed by atoms with Crippen molar-refractivity contribution in [3.05, 3.63) is 22.4 Å². The molecule has 18 heavy (non-hydrogen) atoms. The summed E-state index contributed by atoms with van der Waals surface area (Å²) in [5, 5.41) is 6.14. The van der Waals surface area contributed by atoms with Crippen molar-refractivity contribution in [3.63, 3.8) is 0 Å². The lowest BCUT2D eigenvalue weighted by molar-refractivity contribution is 0.101. The maximum Gasteiger partial charge on any atom is 0.0388 e. The maximum atomic E-state index is 3.95. The largest absolute Gasteiger partial charge is 0.306 e. The van der Waals surface area contributed by atoms with Crippen molar-refractivity contribution in [1.29, 1.82) is 0 Å². The summed E-state index contributed by atoms with van der Waals surface area (Å²) in [6.45, 7) is 9.76. The molecule has 0 saturated heterocycles. The Kier molecular flexibility index (Phi) is 2.87. The fraction of sp³-hybridized carbons (Fsp3) is 0.750. The van der Waals surface area contributed by atoms with E-state index in [-0.39, 0.29) is 0 Å². The van der Waals surface area contributed by atoms with E-state index in [2.05, 4.69) is 50.5 Å². The molecule has 0 aliphatic heterocycles. The number of rotatable bonds is 3. The average Bonchev–Trinajstić information content (AvgIpc) is 2.96. The van der Waals surface area contributed by atoms with Crippen LogP contribution in [0.15, 0.2) is 17.5 Å². The first-order valence-electron chi connectivity index (χ1n) is 7.23. The Hall–Kier alpha value is -0.340. The van der Waals surface area contributed by atoms with Crippen molar-refractivity contribution < 1.29 is 0 Å². The van der Waals surface area contributed by atoms with Crippen LogP contribution in [0, 0.1) is 16.7 Å². The SMILES string of the molecule is CC(NC1C(C)(C)[C@H]2CC[C@]1(C)C2)c1cccs1. The summed E-state index contributed by atoms with van der Waals surface area (Å²) in [5.41, 5.74) is 0.984. The molecule has 2 heteroatoms. The van der Waals surface area contributed by atoms with Crippen molar-refractivity contribution in [2.45, 2.75) is 59.0 Å². The maximum absolute atomic E-state index is 3.95. The zero-order valence-corrected chi connectivity index (χ0v) is 12.8. The van der Waals surface area contributed by atoms with Crippen molar-refractivity contribution in [3.8, 4) is 0 Å². The topological polar surface area (TPSA) is 12.0 Å². The first-order valence-corrected chi connectivity index (χ1v) is 8.11. The van der Waals surface area contributed by atoms with Crippen molar-refractivity contribution in [1.82, 2.24) is 5.32 Å². The second-order valence-electron chi connectivity index (χ2n) is 7.25. The molecular weight excluding hydrogens is 238 g/mol. The number of hydrogen-bond donors (Lipinski definition) is 1. The Balaban J connectivity index is 1.80. The highest BCUT2D eigenvalue weighted by molar-refractivity contribution is 7.10. The van der Waals surface area contributed by atoms with Gasteiger partial charge in [-0.15, -0.1) is 11.3 Å². The van der Waals surface area contributed by atoms with Crippen LogP contribution in [0.2, 0.25) is 0 Å². The zero-order valence-electron chi connectivity index (χ0n) is 12.0. The van der Waals surface area contributed by atoms with Gasteiger partial charge in [0.05, 0.1) is 0 Å². The number of hydrogen-bond acceptors (Lipinski definition) is 2. The Morgan fingerprint density at radius 2 is 2.17 bits per heavy atom. The van der Waals surface area contributed by atoms with Gasteiger partial charge in [-0.2, -0.15) is 0 Å². The van der Waals surface area contributed by atoms with Gasteiger partial charge in [-0.05, 0) is 54.4 Å². The van der Waals surface area contributed by atoms with E-state index in [1.807, 2.05) is 11.3 Å². The fourth-order valence-corrected chi connectivity index (χ4v) is 5.33. The van der Waals surface area contributed by atoms with Gasteiger partial charge in [0, 0.05) is 17.0 Å². The van der Waals surface area contributed by atoms with Crippen LogP contribution in [0.5, 0.6) is 0 Å². The van der Waals surface area contributed by atoms with Gasteiger partial charge >= 0.3 is 0 Å². The Bertz CT molecular complexity index is 418. The fourth-order valence-electron chi connectivity index (χ4n) is 4.59. The molecule has 2 aliphatic carbocycles. The third-order valence-corrected chi connectivity index (χ3v) is 6.71. The van der Waals surface area contributed by atoms with Gasteiger partial charge < -0.3 is 5.32 Å². The number of fused-ring (bicyclic) bond motifs is 2. The highest BCUT2D eigenvalue weighted by Crippen LogP contribution is 2.62. The van der Waals surface area contributed by atoms with E-state index in [1.54, 1.807) is 0 Å². The van der Waals surface area contributed by atoms with Crippen LogP contribution in [-0.4, -0.2) is 6.04 Å². The molecule has 4 atom stereocenters. The minimum atomic E-state index is 0.457. The quantitative estimate of drug-likeness (QED) is 0.839. The summed E-state index contributed by atoms with van der Waals surface area (Å²) in [5.74, 6) is 0.926. The van der Waals surface area contributed by atoms with Crippen LogP contribution in [0.4, 0.5) is 0 Å². The minimum absolute atomic E-state index is 0.457. The van der Waals surface area contributed by atoms with Gasteiger partial charge in [0.15, 0.2) is 0 Å². The molecular formula is C16H25NS. The molecule has 100 valence electrons. The second-order valence-corrected chi connectivity index (χ2v) is 8.23. The molecule has 1 N–H and O–H groups in total. The van der Waals surface area contributed by atoms with Crippen LogP contribution < -0.4 is 5.32 Å². The Labute approximate surface area is 115 Å². The first-order chi connectivity index (χ1) is 8.43. The highest BCUT2D eigenvalue weighted by Gasteiger charge is 2.59. The zero-order chi connectivity index (χ0) is 13.0. The molecule has 1 nitrogen and oxygen atoms in total. The summed E-state index contributed by atoms with van der Waals surface area (Å²) in [6, 6.07) is 5.57. The van der Waals surface area contributed by atoms with Crippen molar-refractivity contribution in [2.75, 3.05) is 0 Å². The van der Waals surface area contributed by atoms with Gasteiger partial charge in [-0.3, -0.25) is 0 Å². The van der Waals surface area contributed by atoms with Gasteiger partial charge in [0.2, 0.25) is 0 Å². The second kappa shape index (κ2) is 4.08. The van der Waals surface area contributed by atoms with E-state index in [4.69, 9.17) is 0 Å². The van der Waals surface area contributed by atoms with Crippen LogP contribution >= 0.6 is 11.3 Å². The van der Waals surface area contributed by atoms with E-state index >= 15 is 0 Å². The first kappa shape index (κ1) is 12.7. The molecule has 0 aromatic carbocycles. The lowest BCUT2D eigenvalue weighted by atomic mass is 9.68. The molecule has 0 radical (unpaired) electrons. The van der Waals surface area contributed by atoms with E-state index < -0.39 is 0 Å². The Morgan fingerprint density at radius 1 is 1.39 bits per heavy atom.